The van der Waals surface area contributed by atoms with Gasteiger partial charge in [-0.25, -0.2) is 4.39 Å². The van der Waals surface area contributed by atoms with Crippen molar-refractivity contribution < 1.29 is 14.0 Å². The van der Waals surface area contributed by atoms with E-state index < -0.39 is 6.04 Å². The number of nitrogens with zero attached hydrogens (tertiary/aromatic N) is 1. The molecule has 0 bridgehead atoms. The van der Waals surface area contributed by atoms with Crippen molar-refractivity contribution in [2.45, 2.75) is 39.1 Å². The molecule has 1 atom stereocenters. The fourth-order valence-electron chi connectivity index (χ4n) is 2.82. The standard InChI is InChI=1S/C23H27Cl2FN2O2S/c1-15(2)11-27-23(30)16(3)28(12-17-7-9-18(26)10-8-17)22(29)14-31-13-19-20(24)5-4-6-21(19)25/h4-10,15-16H,11-14H2,1-3H3,(H,27,30)/t16-/m1/s1. The van der Waals surface area contributed by atoms with E-state index in [-0.39, 0.29) is 29.9 Å². The van der Waals surface area contributed by atoms with E-state index in [4.69, 9.17) is 23.2 Å². The summed E-state index contributed by atoms with van der Waals surface area (Å²) in [6.45, 7) is 6.45. The van der Waals surface area contributed by atoms with E-state index in [9.17, 15) is 14.0 Å². The summed E-state index contributed by atoms with van der Waals surface area (Å²) >= 11 is 13.8. The minimum atomic E-state index is -0.666. The molecule has 0 heterocycles. The van der Waals surface area contributed by atoms with E-state index in [1.807, 2.05) is 13.8 Å². The number of nitrogens with one attached hydrogen (secondary N) is 1. The van der Waals surface area contributed by atoms with Gasteiger partial charge in [0.15, 0.2) is 0 Å². The van der Waals surface area contributed by atoms with Crippen molar-refractivity contribution in [3.63, 3.8) is 0 Å². The molecule has 2 aromatic rings. The van der Waals surface area contributed by atoms with Crippen LogP contribution < -0.4 is 5.32 Å². The number of carbonyl (C=O) groups is 2. The third-order valence-electron chi connectivity index (χ3n) is 4.65. The van der Waals surface area contributed by atoms with Gasteiger partial charge in [-0.3, -0.25) is 9.59 Å². The van der Waals surface area contributed by atoms with Crippen LogP contribution in [0.25, 0.3) is 0 Å². The van der Waals surface area contributed by atoms with Crippen LogP contribution in [0.1, 0.15) is 31.9 Å². The summed E-state index contributed by atoms with van der Waals surface area (Å²) in [5.74, 6) is 0.172. The van der Waals surface area contributed by atoms with Crippen LogP contribution in [0.2, 0.25) is 10.0 Å². The van der Waals surface area contributed by atoms with E-state index in [1.165, 1.54) is 28.8 Å². The number of halogens is 3. The second kappa shape index (κ2) is 12.3. The zero-order valence-electron chi connectivity index (χ0n) is 17.8. The Morgan fingerprint density at radius 1 is 1.06 bits per heavy atom. The van der Waals surface area contributed by atoms with Gasteiger partial charge in [-0.1, -0.05) is 55.2 Å². The molecule has 168 valence electrons. The monoisotopic (exact) mass is 484 g/mol. The number of amides is 2. The van der Waals surface area contributed by atoms with E-state index in [2.05, 4.69) is 5.32 Å². The molecule has 2 aromatic carbocycles. The highest BCUT2D eigenvalue weighted by atomic mass is 35.5. The van der Waals surface area contributed by atoms with Gasteiger partial charge >= 0.3 is 0 Å². The summed E-state index contributed by atoms with van der Waals surface area (Å²) in [5, 5.41) is 3.98. The molecule has 8 heteroatoms. The molecule has 4 nitrogen and oxygen atoms in total. The summed E-state index contributed by atoms with van der Waals surface area (Å²) < 4.78 is 13.3. The Morgan fingerprint density at radius 2 is 1.68 bits per heavy atom. The van der Waals surface area contributed by atoms with E-state index >= 15 is 0 Å². The van der Waals surface area contributed by atoms with Crippen LogP contribution >= 0.6 is 35.0 Å². The van der Waals surface area contributed by atoms with Crippen molar-refractivity contribution in [2.75, 3.05) is 12.3 Å². The fraction of sp³-hybridized carbons (Fsp3) is 0.391. The van der Waals surface area contributed by atoms with E-state index in [0.717, 1.165) is 11.1 Å². The largest absolute Gasteiger partial charge is 0.354 e. The second-order valence-corrected chi connectivity index (χ2v) is 9.46. The Hall–Kier alpha value is -1.76. The van der Waals surface area contributed by atoms with Crippen molar-refractivity contribution in [1.29, 1.82) is 0 Å². The number of benzene rings is 2. The first-order valence-corrected chi connectivity index (χ1v) is 11.9. The van der Waals surface area contributed by atoms with Gasteiger partial charge < -0.3 is 10.2 Å². The second-order valence-electron chi connectivity index (χ2n) is 7.66. The highest BCUT2D eigenvalue weighted by Crippen LogP contribution is 2.28. The van der Waals surface area contributed by atoms with E-state index in [0.29, 0.717) is 28.3 Å². The molecule has 0 saturated carbocycles. The molecule has 0 spiro atoms. The van der Waals surface area contributed by atoms with Crippen LogP contribution in [-0.4, -0.2) is 35.1 Å². The molecular formula is C23H27Cl2FN2O2S. The van der Waals surface area contributed by atoms with Crippen molar-refractivity contribution in [1.82, 2.24) is 10.2 Å². The van der Waals surface area contributed by atoms with Gasteiger partial charge in [-0.15, -0.1) is 11.8 Å². The summed E-state index contributed by atoms with van der Waals surface area (Å²) in [6, 6.07) is 10.5. The Bertz CT molecular complexity index is 873. The van der Waals surface area contributed by atoms with Gasteiger partial charge in [-0.05, 0) is 48.2 Å². The third kappa shape index (κ3) is 8.02. The lowest BCUT2D eigenvalue weighted by Gasteiger charge is -2.29. The maximum atomic E-state index is 13.3. The topological polar surface area (TPSA) is 49.4 Å². The molecule has 0 aromatic heterocycles. The smallest absolute Gasteiger partial charge is 0.242 e. The lowest BCUT2D eigenvalue weighted by atomic mass is 10.1. The molecule has 0 saturated heterocycles. The number of hydrogen-bond acceptors (Lipinski definition) is 3. The molecular weight excluding hydrogens is 458 g/mol. The molecule has 1 N–H and O–H groups in total. The lowest BCUT2D eigenvalue weighted by molar-refractivity contribution is -0.138. The number of carbonyl (C=O) groups excluding carboxylic acids is 2. The predicted octanol–water partition coefficient (Wildman–Crippen LogP) is 5.56. The quantitative estimate of drug-likeness (QED) is 0.480. The minimum Gasteiger partial charge on any atom is -0.354 e. The SMILES string of the molecule is CC(C)CNC(=O)[C@@H](C)N(Cc1ccc(F)cc1)C(=O)CSCc1c(Cl)cccc1Cl. The number of rotatable bonds is 10. The Balaban J connectivity index is 2.09. The molecule has 2 amide bonds. The zero-order valence-corrected chi connectivity index (χ0v) is 20.2. The molecule has 2 rings (SSSR count). The van der Waals surface area contributed by atoms with E-state index in [1.54, 1.807) is 37.3 Å². The van der Waals surface area contributed by atoms with Gasteiger partial charge in [0.25, 0.3) is 0 Å². The molecule has 0 unspecified atom stereocenters. The van der Waals surface area contributed by atoms with Crippen molar-refractivity contribution in [3.05, 3.63) is 69.5 Å². The molecule has 0 aliphatic carbocycles. The first-order chi connectivity index (χ1) is 14.7. The maximum absolute atomic E-state index is 13.3. The minimum absolute atomic E-state index is 0.157. The fourth-order valence-corrected chi connectivity index (χ4v) is 4.46. The van der Waals surface area contributed by atoms with Crippen LogP contribution in [0.3, 0.4) is 0 Å². The van der Waals surface area contributed by atoms with Crippen molar-refractivity contribution in [3.8, 4) is 0 Å². The molecule has 0 radical (unpaired) electrons. The highest BCUT2D eigenvalue weighted by Gasteiger charge is 2.26. The van der Waals surface area contributed by atoms with Crippen molar-refractivity contribution in [2.24, 2.45) is 5.92 Å². The van der Waals surface area contributed by atoms with Gasteiger partial charge in [-0.2, -0.15) is 0 Å². The van der Waals surface area contributed by atoms with Gasteiger partial charge in [0.05, 0.1) is 5.75 Å². The number of thioether (sulfide) groups is 1. The molecule has 0 aliphatic rings. The predicted molar refractivity (Wildman–Crippen MR) is 127 cm³/mol. The lowest BCUT2D eigenvalue weighted by Crippen LogP contribution is -2.48. The first kappa shape index (κ1) is 25.5. The summed E-state index contributed by atoms with van der Waals surface area (Å²) in [7, 11) is 0. The van der Waals surface area contributed by atoms with Gasteiger partial charge in [0.1, 0.15) is 11.9 Å². The third-order valence-corrected chi connectivity index (χ3v) is 6.30. The molecule has 0 fully saturated rings. The molecule has 0 aliphatic heterocycles. The summed E-state index contributed by atoms with van der Waals surface area (Å²) in [6.07, 6.45) is 0. The van der Waals surface area contributed by atoms with Crippen LogP contribution in [0, 0.1) is 11.7 Å². The zero-order chi connectivity index (χ0) is 23.0. The van der Waals surface area contributed by atoms with Gasteiger partial charge in [0.2, 0.25) is 11.8 Å². The summed E-state index contributed by atoms with van der Waals surface area (Å²) in [4.78, 5) is 27.2. The Labute approximate surface area is 197 Å². The number of hydrogen-bond donors (Lipinski definition) is 1. The summed E-state index contributed by atoms with van der Waals surface area (Å²) in [5.41, 5.74) is 1.52. The normalized spacial score (nSPS) is 12.0. The maximum Gasteiger partial charge on any atom is 0.242 e. The average Bonchev–Trinajstić information content (AvgIpc) is 2.73. The van der Waals surface area contributed by atoms with Crippen molar-refractivity contribution >= 4 is 46.8 Å². The Kier molecular flexibility index (Phi) is 10.1. The highest BCUT2D eigenvalue weighted by molar-refractivity contribution is 7.99. The van der Waals surface area contributed by atoms with Crippen LogP contribution in [0.5, 0.6) is 0 Å². The Morgan fingerprint density at radius 3 is 2.26 bits per heavy atom. The van der Waals surface area contributed by atoms with Crippen LogP contribution in [-0.2, 0) is 21.9 Å². The van der Waals surface area contributed by atoms with Crippen LogP contribution in [0.15, 0.2) is 42.5 Å². The first-order valence-electron chi connectivity index (χ1n) is 10.0. The van der Waals surface area contributed by atoms with Gasteiger partial charge in [0, 0.05) is 28.9 Å². The van der Waals surface area contributed by atoms with Crippen LogP contribution in [0.4, 0.5) is 4.39 Å². The average molecular weight is 485 g/mol. The molecule has 31 heavy (non-hydrogen) atoms.